The third-order valence-electron chi connectivity index (χ3n) is 9.13. The molecule has 0 amide bonds. The van der Waals surface area contributed by atoms with Gasteiger partial charge in [0, 0.05) is 49.7 Å². The van der Waals surface area contributed by atoms with Gasteiger partial charge in [-0.1, -0.05) is 151 Å². The fourth-order valence-corrected chi connectivity index (χ4v) is 6.71. The van der Waals surface area contributed by atoms with E-state index < -0.39 is 179 Å². The molecular weight excluding hydrogens is 671 g/mol. The summed E-state index contributed by atoms with van der Waals surface area (Å²) in [6, 6.07) is -4.30. The van der Waals surface area contributed by atoms with Crippen molar-refractivity contribution in [2.24, 2.45) is 0 Å². The van der Waals surface area contributed by atoms with Crippen molar-refractivity contribution in [3.05, 3.63) is 200 Å². The van der Waals surface area contributed by atoms with Crippen LogP contribution in [0.15, 0.2) is 208 Å². The predicted molar refractivity (Wildman–Crippen MR) is 229 cm³/mol. The van der Waals surface area contributed by atoms with Crippen molar-refractivity contribution < 1.29 is 41.7 Å². The summed E-state index contributed by atoms with van der Waals surface area (Å²) in [7, 11) is 0. The Bertz CT molecular complexity index is 4510. The molecule has 0 N–H and O–H groups in total. The highest BCUT2D eigenvalue weighted by atomic mass is 16.3. The van der Waals surface area contributed by atoms with Crippen LogP contribution in [0.25, 0.3) is 88.0 Å². The van der Waals surface area contributed by atoms with Crippen LogP contribution in [0.2, 0.25) is 0 Å². The smallest absolute Gasteiger partial charge is 0.143 e. The quantitative estimate of drug-likeness (QED) is 0.171. The summed E-state index contributed by atoms with van der Waals surface area (Å²) in [5, 5.41) is 0.556. The number of fused-ring (bicyclic) bond motifs is 8. The molecule has 0 bridgehead atoms. The van der Waals surface area contributed by atoms with Crippen molar-refractivity contribution in [2.45, 2.75) is 0 Å². The Morgan fingerprint density at radius 1 is 0.400 bits per heavy atom. The van der Waals surface area contributed by atoms with Crippen LogP contribution >= 0.6 is 0 Å². The Morgan fingerprint density at radius 2 is 1.04 bits per heavy atom. The van der Waals surface area contributed by atoms with E-state index in [9.17, 15) is 13.7 Å². The van der Waals surface area contributed by atoms with Gasteiger partial charge < -0.3 is 13.7 Å². The standard InChI is InChI=1S/C52H33NO2/c1-3-12-34(13-4-1)36-22-24-38(25-23-36)41-19-11-21-49-51(41)46-33-47(42-16-7-8-18-45(42)52(46)55-49)53(39-28-26-37(27-29-39)35-14-5-2-6-15-35)40-30-31-44-43-17-9-10-20-48(43)54-50(44)32-40/h1-33H/i1D,2D,3D,4D,5D,6D,9D,10D,12D,13D,14D,15D,17D,20D,22D,23D,24D,25D,26D,27D,28D,29D,30D,32D. The van der Waals surface area contributed by atoms with E-state index in [-0.39, 0.29) is 71.5 Å². The van der Waals surface area contributed by atoms with Crippen LogP contribution in [0.4, 0.5) is 17.1 Å². The zero-order valence-electron chi connectivity index (χ0n) is 52.0. The molecule has 0 aliphatic rings. The van der Waals surface area contributed by atoms with E-state index in [2.05, 4.69) is 0 Å². The Labute approximate surface area is 351 Å². The van der Waals surface area contributed by atoms with Crippen molar-refractivity contribution in [1.82, 2.24) is 0 Å². The average Bonchev–Trinajstić information content (AvgIpc) is 4.19. The van der Waals surface area contributed by atoms with E-state index in [0.29, 0.717) is 0 Å². The van der Waals surface area contributed by atoms with Gasteiger partial charge in [-0.2, -0.15) is 0 Å². The highest BCUT2D eigenvalue weighted by molar-refractivity contribution is 6.22. The van der Waals surface area contributed by atoms with Crippen LogP contribution in [-0.2, 0) is 0 Å². The third kappa shape index (κ3) is 5.20. The second-order valence-corrected chi connectivity index (χ2v) is 12.2. The first kappa shape index (κ1) is 15.5. The number of hydrogen-bond acceptors (Lipinski definition) is 3. The Morgan fingerprint density at radius 3 is 1.78 bits per heavy atom. The number of rotatable bonds is 6. The minimum atomic E-state index is -0.900. The zero-order chi connectivity index (χ0) is 57.2. The van der Waals surface area contributed by atoms with Crippen LogP contribution in [0, 0.1) is 0 Å². The molecule has 0 unspecified atom stereocenters. The molecule has 258 valence electrons. The molecule has 2 heterocycles. The van der Waals surface area contributed by atoms with Crippen LogP contribution < -0.4 is 4.90 Å². The maximum absolute atomic E-state index is 9.84. The molecular formula is C52H33NO2. The van der Waals surface area contributed by atoms with E-state index in [1.54, 1.807) is 30.3 Å². The average molecular weight is 728 g/mol. The monoisotopic (exact) mass is 727 g/mol. The van der Waals surface area contributed by atoms with E-state index in [1.807, 2.05) is 0 Å². The second kappa shape index (κ2) is 12.6. The summed E-state index contributed by atoms with van der Waals surface area (Å²) in [6.07, 6.45) is 0. The summed E-state index contributed by atoms with van der Waals surface area (Å²) < 4.78 is 226. The van der Waals surface area contributed by atoms with E-state index in [0.717, 1.165) is 11.0 Å². The van der Waals surface area contributed by atoms with Gasteiger partial charge in [-0.25, -0.2) is 0 Å². The van der Waals surface area contributed by atoms with E-state index in [4.69, 9.17) is 28.0 Å². The van der Waals surface area contributed by atoms with Gasteiger partial charge in [0.05, 0.1) is 38.6 Å². The zero-order valence-corrected chi connectivity index (χ0v) is 28.0. The lowest BCUT2D eigenvalue weighted by atomic mass is 9.95. The van der Waals surface area contributed by atoms with Gasteiger partial charge in [0.25, 0.3) is 0 Å². The van der Waals surface area contributed by atoms with Crippen LogP contribution in [-0.4, -0.2) is 0 Å². The van der Waals surface area contributed by atoms with Crippen LogP contribution in [0.3, 0.4) is 0 Å². The summed E-state index contributed by atoms with van der Waals surface area (Å²) in [5.41, 5.74) is -4.39. The first-order chi connectivity index (χ1) is 37.3. The van der Waals surface area contributed by atoms with Crippen molar-refractivity contribution in [3.8, 4) is 33.4 Å². The lowest BCUT2D eigenvalue weighted by molar-refractivity contribution is 0.669. The topological polar surface area (TPSA) is 29.5 Å². The largest absolute Gasteiger partial charge is 0.456 e. The maximum atomic E-state index is 9.84. The van der Waals surface area contributed by atoms with Gasteiger partial charge >= 0.3 is 0 Å². The molecule has 0 atom stereocenters. The fraction of sp³-hybridized carbons (Fsp3) is 0. The number of para-hydroxylation sites is 1. The lowest BCUT2D eigenvalue weighted by Gasteiger charge is -2.27. The lowest BCUT2D eigenvalue weighted by Crippen LogP contribution is -2.10. The van der Waals surface area contributed by atoms with Gasteiger partial charge in [0.15, 0.2) is 0 Å². The van der Waals surface area contributed by atoms with Gasteiger partial charge in [-0.05, 0) is 75.7 Å². The van der Waals surface area contributed by atoms with Gasteiger partial charge in [-0.3, -0.25) is 0 Å². The van der Waals surface area contributed by atoms with Gasteiger partial charge in [-0.15, -0.1) is 0 Å². The summed E-state index contributed by atoms with van der Waals surface area (Å²) in [5.74, 6) is 0. The SMILES string of the molecule is [2H]c1cc2c(oc3c([2H])c([2H])c([2H])c([2H])c32)c([2H])c1N(c1c([2H])c([2H])c(-c2c([2H])c([2H])c([2H])c([2H])c2[2H])c([2H])c1[2H])c1cc2c(oc3cccc(-c4c([2H])c([2H])c(-c5c([2H])c([2H])c([2H])c([2H])c5[2H])c([2H])c4[2H])c32)c2ccccc12. The second-order valence-electron chi connectivity index (χ2n) is 12.2. The molecule has 0 radical (unpaired) electrons. The normalized spacial score (nSPS) is 17.7. The molecule has 3 nitrogen and oxygen atoms in total. The molecule has 0 fully saturated rings. The molecule has 11 aromatic rings. The third-order valence-corrected chi connectivity index (χ3v) is 9.13. The van der Waals surface area contributed by atoms with Crippen molar-refractivity contribution in [3.63, 3.8) is 0 Å². The molecule has 55 heavy (non-hydrogen) atoms. The van der Waals surface area contributed by atoms with E-state index >= 15 is 0 Å². The molecule has 0 spiro atoms. The molecule has 3 heteroatoms. The maximum Gasteiger partial charge on any atom is 0.143 e. The molecule has 2 aromatic heterocycles. The summed E-state index contributed by atoms with van der Waals surface area (Å²) >= 11 is 0. The highest BCUT2D eigenvalue weighted by Crippen LogP contribution is 2.47. The van der Waals surface area contributed by atoms with Crippen molar-refractivity contribution in [2.75, 3.05) is 4.90 Å². The molecule has 0 saturated heterocycles. The number of anilines is 3. The first-order valence-corrected chi connectivity index (χ1v) is 16.7. The number of furan rings is 2. The van der Waals surface area contributed by atoms with Gasteiger partial charge in [0.2, 0.25) is 0 Å². The highest BCUT2D eigenvalue weighted by Gasteiger charge is 2.22. The van der Waals surface area contributed by atoms with E-state index in [1.165, 1.54) is 18.2 Å². The first-order valence-electron chi connectivity index (χ1n) is 28.7. The number of nitrogens with zero attached hydrogens (tertiary/aromatic N) is 1. The summed E-state index contributed by atoms with van der Waals surface area (Å²) in [6.45, 7) is 0. The fourth-order valence-electron chi connectivity index (χ4n) is 6.71. The predicted octanol–water partition coefficient (Wildman–Crippen LogP) is 15.1. The van der Waals surface area contributed by atoms with Crippen LogP contribution in [0.5, 0.6) is 0 Å². The molecule has 9 aromatic carbocycles. The van der Waals surface area contributed by atoms with Gasteiger partial charge in [0.1, 0.15) is 22.3 Å². The number of hydrogen-bond donors (Lipinski definition) is 0. The summed E-state index contributed by atoms with van der Waals surface area (Å²) in [4.78, 5) is 1.06. The van der Waals surface area contributed by atoms with Crippen LogP contribution in [0.1, 0.15) is 32.9 Å². The minimum absolute atomic E-state index is 0.0341. The molecule has 0 aliphatic carbocycles. The van der Waals surface area contributed by atoms with Crippen molar-refractivity contribution >= 4 is 71.7 Å². The molecule has 11 rings (SSSR count). The molecule has 0 aliphatic heterocycles. The number of benzene rings is 9. The van der Waals surface area contributed by atoms with Crippen molar-refractivity contribution in [1.29, 1.82) is 0 Å². The minimum Gasteiger partial charge on any atom is -0.456 e. The Kier molecular flexibility index (Phi) is 3.58. The molecule has 0 saturated carbocycles. The Balaban J connectivity index is 1.28. The Hall–Kier alpha value is -7.36.